The number of carbonyl (C=O) groups excluding carboxylic acids is 1. The van der Waals surface area contributed by atoms with Crippen molar-refractivity contribution in [3.8, 4) is 0 Å². The minimum Gasteiger partial charge on any atom is -0.263 e. The number of benzene rings is 1. The highest BCUT2D eigenvalue weighted by molar-refractivity contribution is 6.01. The van der Waals surface area contributed by atoms with Crippen LogP contribution in [0.1, 0.15) is 16.1 Å². The van der Waals surface area contributed by atoms with E-state index in [0.29, 0.717) is 5.71 Å². The van der Waals surface area contributed by atoms with Crippen LogP contribution in [0.3, 0.4) is 0 Å². The van der Waals surface area contributed by atoms with Crippen LogP contribution in [-0.2, 0) is 6.54 Å². The van der Waals surface area contributed by atoms with Crippen molar-refractivity contribution in [3.63, 3.8) is 0 Å². The highest BCUT2D eigenvalue weighted by atomic mass is 16.2. The van der Waals surface area contributed by atoms with E-state index in [-0.39, 0.29) is 12.2 Å². The van der Waals surface area contributed by atoms with Gasteiger partial charge in [-0.3, -0.25) is 4.79 Å². The zero-order valence-corrected chi connectivity index (χ0v) is 9.83. The van der Waals surface area contributed by atoms with Crippen molar-refractivity contribution in [1.82, 2.24) is 15.4 Å². The quantitative estimate of drug-likeness (QED) is 0.420. The molecule has 0 atom stereocenters. The lowest BCUT2D eigenvalue weighted by Crippen LogP contribution is -2.46. The van der Waals surface area contributed by atoms with Crippen molar-refractivity contribution in [2.24, 2.45) is 5.10 Å². The minimum atomic E-state index is -0.595. The fourth-order valence-corrected chi connectivity index (χ4v) is 1.93. The number of hydrazone groups is 1. The van der Waals surface area contributed by atoms with Gasteiger partial charge in [0.2, 0.25) is 0 Å². The monoisotopic (exact) mass is 259 g/mol. The van der Waals surface area contributed by atoms with Crippen molar-refractivity contribution < 1.29 is 9.48 Å². The van der Waals surface area contributed by atoms with Crippen molar-refractivity contribution >= 4 is 11.6 Å². The molecule has 0 saturated heterocycles. The van der Waals surface area contributed by atoms with Gasteiger partial charge in [0.05, 0.1) is 0 Å². The highest BCUT2D eigenvalue weighted by Crippen LogP contribution is 2.03. The van der Waals surface area contributed by atoms with E-state index in [2.05, 4.69) is 15.7 Å². The van der Waals surface area contributed by atoms with Crippen LogP contribution in [-0.4, -0.2) is 21.6 Å². The average Bonchev–Trinajstić information content (AvgIpc) is 2.60. The molecule has 0 bridgehead atoms. The van der Waals surface area contributed by atoms with E-state index in [1.165, 1.54) is 4.68 Å². The number of amides is 1. The first-order valence-corrected chi connectivity index (χ1v) is 5.59. The molecule has 8 heteroatoms. The van der Waals surface area contributed by atoms with Gasteiger partial charge < -0.3 is 0 Å². The molecule has 0 radical (unpaired) electrons. The molecule has 0 unspecified atom stereocenters. The van der Waals surface area contributed by atoms with Gasteiger partial charge in [-0.2, -0.15) is 5.10 Å². The summed E-state index contributed by atoms with van der Waals surface area (Å²) >= 11 is 0. The Kier molecular flexibility index (Phi) is 2.41. The molecule has 1 aromatic heterocycles. The molecule has 2 aromatic rings. The van der Waals surface area contributed by atoms with Crippen LogP contribution in [0.5, 0.6) is 0 Å². The van der Waals surface area contributed by atoms with E-state index in [9.17, 15) is 9.59 Å². The van der Waals surface area contributed by atoms with Gasteiger partial charge in [-0.05, 0) is 4.79 Å². The Morgan fingerprint density at radius 2 is 2.00 bits per heavy atom. The molecule has 0 aliphatic carbocycles. The Hall–Kier alpha value is -2.90. The van der Waals surface area contributed by atoms with E-state index in [1.54, 1.807) is 0 Å². The molecule has 1 aliphatic rings. The van der Waals surface area contributed by atoms with E-state index >= 15 is 0 Å². The lowest BCUT2D eigenvalue weighted by atomic mass is 10.1. The lowest BCUT2D eigenvalue weighted by molar-refractivity contribution is -0.742. The van der Waals surface area contributed by atoms with Crippen molar-refractivity contribution in [1.29, 1.82) is 0 Å². The smallest absolute Gasteiger partial charge is 0.263 e. The first-order valence-electron chi connectivity index (χ1n) is 5.59. The highest BCUT2D eigenvalue weighted by Gasteiger charge is 2.30. The van der Waals surface area contributed by atoms with Crippen LogP contribution in [0.15, 0.2) is 40.2 Å². The predicted octanol–water partition coefficient (Wildman–Crippen LogP) is -1.67. The molecule has 19 heavy (non-hydrogen) atoms. The Morgan fingerprint density at radius 1 is 1.26 bits per heavy atom. The summed E-state index contributed by atoms with van der Waals surface area (Å²) in [6, 6.07) is 9.36. The number of nitrogen functional groups attached to an aromatic ring is 1. The van der Waals surface area contributed by atoms with E-state index in [4.69, 9.17) is 5.84 Å². The van der Waals surface area contributed by atoms with Gasteiger partial charge in [0, 0.05) is 5.56 Å². The molecule has 0 spiro atoms. The van der Waals surface area contributed by atoms with Crippen molar-refractivity contribution in [3.05, 3.63) is 51.9 Å². The SMILES string of the molecule is Nn1[nH][n+]2c(c1=O)C(=O)NN=C(c1ccccc1)C2. The topological polar surface area (TPSA) is 109 Å². The summed E-state index contributed by atoms with van der Waals surface area (Å²) in [6.45, 7) is 0.248. The molecule has 0 saturated carbocycles. The Labute approximate surface area is 107 Å². The summed E-state index contributed by atoms with van der Waals surface area (Å²) in [5.74, 6) is 4.84. The van der Waals surface area contributed by atoms with Gasteiger partial charge in [0.1, 0.15) is 5.71 Å². The van der Waals surface area contributed by atoms with Gasteiger partial charge in [-0.15, -0.1) is 4.68 Å². The van der Waals surface area contributed by atoms with Crippen LogP contribution < -0.4 is 21.5 Å². The predicted molar refractivity (Wildman–Crippen MR) is 65.8 cm³/mol. The summed E-state index contributed by atoms with van der Waals surface area (Å²) < 4.78 is 1.37. The normalized spacial score (nSPS) is 14.3. The number of fused-ring (bicyclic) bond motifs is 1. The molecule has 1 amide bonds. The molecular formula is C11H11N6O2+. The second-order valence-corrected chi connectivity index (χ2v) is 4.08. The van der Waals surface area contributed by atoms with Gasteiger partial charge in [0.25, 0.3) is 0 Å². The van der Waals surface area contributed by atoms with Crippen LogP contribution in [0.2, 0.25) is 0 Å². The Morgan fingerprint density at radius 3 is 2.74 bits per heavy atom. The van der Waals surface area contributed by atoms with Crippen molar-refractivity contribution in [2.45, 2.75) is 6.54 Å². The Balaban J connectivity index is 2.09. The largest absolute Gasteiger partial charge is 0.430 e. The van der Waals surface area contributed by atoms with Crippen LogP contribution in [0.25, 0.3) is 0 Å². The summed E-state index contributed by atoms with van der Waals surface area (Å²) in [5.41, 5.74) is 3.16. The zero-order valence-electron chi connectivity index (χ0n) is 9.83. The van der Waals surface area contributed by atoms with Crippen LogP contribution >= 0.6 is 0 Å². The number of aromatic nitrogens is 3. The number of aromatic amines is 1. The fourth-order valence-electron chi connectivity index (χ4n) is 1.93. The second kappa shape index (κ2) is 4.09. The third kappa shape index (κ3) is 1.79. The summed E-state index contributed by atoms with van der Waals surface area (Å²) in [6.07, 6.45) is 0. The first-order chi connectivity index (χ1) is 9.16. The van der Waals surface area contributed by atoms with E-state index in [1.807, 2.05) is 30.3 Å². The standard InChI is InChI=1S/C11H10N6O2/c12-17-11(19)9-10(18)14-13-8(6-16(9)15-17)7-4-2-1-3-5-7/h1-5H,6H2,(H3-,12,14,15,18,19)/p+1. The maximum atomic E-state index is 11.8. The number of hydrogen-bond donors (Lipinski definition) is 3. The number of H-pyrrole nitrogens is 1. The number of nitrogens with one attached hydrogen (secondary N) is 2. The molecule has 0 fully saturated rings. The molecule has 3 rings (SSSR count). The Bertz CT molecular complexity index is 727. The maximum Gasteiger partial charge on any atom is 0.430 e. The molecule has 4 N–H and O–H groups in total. The van der Waals surface area contributed by atoms with Crippen LogP contribution in [0, 0.1) is 0 Å². The van der Waals surface area contributed by atoms with E-state index in [0.717, 1.165) is 10.4 Å². The van der Waals surface area contributed by atoms with Crippen molar-refractivity contribution in [2.75, 3.05) is 5.84 Å². The van der Waals surface area contributed by atoms with E-state index < -0.39 is 11.5 Å². The second-order valence-electron chi connectivity index (χ2n) is 4.08. The van der Waals surface area contributed by atoms with Crippen LogP contribution in [0.4, 0.5) is 0 Å². The summed E-state index contributed by atoms with van der Waals surface area (Å²) in [7, 11) is 0. The lowest BCUT2D eigenvalue weighted by Gasteiger charge is -2.01. The molecule has 1 aromatic carbocycles. The van der Waals surface area contributed by atoms with Gasteiger partial charge in [0.15, 0.2) is 6.54 Å². The molecule has 1 aliphatic heterocycles. The number of nitrogens with zero attached hydrogens (tertiary/aromatic N) is 3. The van der Waals surface area contributed by atoms with Gasteiger partial charge >= 0.3 is 17.2 Å². The number of hydrogen-bond acceptors (Lipinski definition) is 4. The van der Waals surface area contributed by atoms with Gasteiger partial charge in [-0.25, -0.2) is 16.1 Å². The zero-order chi connectivity index (χ0) is 13.4. The first kappa shape index (κ1) is 11.2. The molecule has 2 heterocycles. The number of rotatable bonds is 1. The molecule has 8 nitrogen and oxygen atoms in total. The summed E-state index contributed by atoms with van der Waals surface area (Å²) in [4.78, 5) is 24.2. The summed E-state index contributed by atoms with van der Waals surface area (Å²) in [5, 5.41) is 6.61. The molecular weight excluding hydrogens is 248 g/mol. The third-order valence-electron chi connectivity index (χ3n) is 2.84. The maximum absolute atomic E-state index is 11.8. The average molecular weight is 259 g/mol. The number of nitrogens with two attached hydrogens (primary N) is 1. The van der Waals surface area contributed by atoms with Gasteiger partial charge in [-0.1, -0.05) is 35.5 Å². The molecule has 96 valence electrons. The number of carbonyl (C=O) groups is 1. The third-order valence-corrected chi connectivity index (χ3v) is 2.84. The fraction of sp³-hybridized carbons (Fsp3) is 0.0909. The minimum absolute atomic E-state index is 0.0721.